The summed E-state index contributed by atoms with van der Waals surface area (Å²) in [4.78, 5) is 13.7. The normalized spacial score (nSPS) is 10.8. The van der Waals surface area contributed by atoms with Gasteiger partial charge >= 0.3 is 0 Å². The Morgan fingerprint density at radius 3 is 2.65 bits per heavy atom. The highest BCUT2D eigenvalue weighted by Gasteiger charge is 2.05. The van der Waals surface area contributed by atoms with Crippen molar-refractivity contribution in [3.8, 4) is 5.75 Å². The van der Waals surface area contributed by atoms with Crippen LogP contribution < -0.4 is 10.2 Å². The molecule has 1 aromatic rings. The lowest BCUT2D eigenvalue weighted by molar-refractivity contribution is 0.212. The van der Waals surface area contributed by atoms with Crippen molar-refractivity contribution in [2.45, 2.75) is 20.5 Å². The number of nitrogens with zero attached hydrogens (tertiary/aromatic N) is 1. The highest BCUT2D eigenvalue weighted by molar-refractivity contribution is 5.17. The molecule has 5 nitrogen and oxygen atoms in total. The minimum Gasteiger partial charge on any atom is -0.485 e. The second-order valence-electron chi connectivity index (χ2n) is 3.61. The fraction of sp³-hybridized carbons (Fsp3) is 0.583. The van der Waals surface area contributed by atoms with Crippen LogP contribution in [0, 0.1) is 0 Å². The van der Waals surface area contributed by atoms with E-state index in [9.17, 15) is 4.79 Å². The molecule has 1 aromatic heterocycles. The molecular weight excluding hydrogens is 222 g/mol. The predicted octanol–water partition coefficient (Wildman–Crippen LogP) is 0.853. The average molecular weight is 241 g/mol. The van der Waals surface area contributed by atoms with Crippen LogP contribution in [0.15, 0.2) is 21.5 Å². The quantitative estimate of drug-likeness (QED) is 0.767. The highest BCUT2D eigenvalue weighted by Crippen LogP contribution is 2.05. The maximum atomic E-state index is 11.5. The van der Waals surface area contributed by atoms with Gasteiger partial charge in [0, 0.05) is 12.6 Å². The monoisotopic (exact) mass is 241 g/mol. The molecule has 1 heterocycles. The molecule has 0 aliphatic carbocycles. The molecule has 96 valence electrons. The molecule has 0 saturated heterocycles. The molecule has 5 heteroatoms. The first kappa shape index (κ1) is 13.7. The average Bonchev–Trinajstić information content (AvgIpc) is 2.36. The van der Waals surface area contributed by atoms with Gasteiger partial charge in [0.1, 0.15) is 25.2 Å². The van der Waals surface area contributed by atoms with Crippen molar-refractivity contribution in [3.05, 3.63) is 28.3 Å². The van der Waals surface area contributed by atoms with Gasteiger partial charge in [-0.25, -0.2) is 0 Å². The van der Waals surface area contributed by atoms with E-state index in [1.807, 2.05) is 0 Å². The van der Waals surface area contributed by atoms with Crippen molar-refractivity contribution in [1.82, 2.24) is 4.90 Å². The number of hydrogen-bond acceptors (Lipinski definition) is 5. The van der Waals surface area contributed by atoms with E-state index in [0.29, 0.717) is 6.61 Å². The van der Waals surface area contributed by atoms with E-state index < -0.39 is 0 Å². The lowest BCUT2D eigenvalue weighted by Gasteiger charge is -2.17. The zero-order valence-electron chi connectivity index (χ0n) is 10.3. The zero-order chi connectivity index (χ0) is 12.7. The maximum absolute atomic E-state index is 11.5. The van der Waals surface area contributed by atoms with E-state index in [1.54, 1.807) is 0 Å². The fourth-order valence-corrected chi connectivity index (χ4v) is 1.45. The van der Waals surface area contributed by atoms with Crippen molar-refractivity contribution in [3.63, 3.8) is 0 Å². The van der Waals surface area contributed by atoms with Gasteiger partial charge in [0.2, 0.25) is 11.2 Å². The van der Waals surface area contributed by atoms with Gasteiger partial charge in [0.05, 0.1) is 0 Å². The van der Waals surface area contributed by atoms with E-state index in [2.05, 4.69) is 18.7 Å². The summed E-state index contributed by atoms with van der Waals surface area (Å²) in [6.07, 6.45) is 1.25. The van der Waals surface area contributed by atoms with Crippen LogP contribution in [0.1, 0.15) is 19.6 Å². The summed E-state index contributed by atoms with van der Waals surface area (Å²) in [5.74, 6) is 0.431. The first-order chi connectivity index (χ1) is 8.21. The number of likely N-dealkylation sites (N-methyl/N-ethyl adjacent to an activating group) is 1. The van der Waals surface area contributed by atoms with Gasteiger partial charge < -0.3 is 19.2 Å². The Bertz CT molecular complexity index is 384. The van der Waals surface area contributed by atoms with Gasteiger partial charge in [-0.15, -0.1) is 0 Å². The Labute approximate surface area is 101 Å². The second-order valence-corrected chi connectivity index (χ2v) is 3.61. The molecule has 0 saturated carbocycles. The van der Waals surface area contributed by atoms with Crippen LogP contribution in [0.5, 0.6) is 5.75 Å². The van der Waals surface area contributed by atoms with Crippen molar-refractivity contribution >= 4 is 0 Å². The molecule has 0 atom stereocenters. The zero-order valence-corrected chi connectivity index (χ0v) is 10.3. The van der Waals surface area contributed by atoms with Crippen molar-refractivity contribution < 1.29 is 14.3 Å². The van der Waals surface area contributed by atoms with Crippen LogP contribution in [0.3, 0.4) is 0 Å². The molecule has 0 spiro atoms. The Hall–Kier alpha value is -1.33. The molecular formula is C12H19NO4. The summed E-state index contributed by atoms with van der Waals surface area (Å²) in [6.45, 7) is 7.01. The molecule has 17 heavy (non-hydrogen) atoms. The summed E-state index contributed by atoms with van der Waals surface area (Å²) >= 11 is 0. The summed E-state index contributed by atoms with van der Waals surface area (Å²) in [7, 11) is 0. The number of aliphatic hydroxyl groups excluding tert-OH is 1. The SMILES string of the molecule is CCN(CC)CCOc1coc(CO)cc1=O. The van der Waals surface area contributed by atoms with Crippen molar-refractivity contribution in [2.75, 3.05) is 26.2 Å². The smallest absolute Gasteiger partial charge is 0.227 e. The minimum absolute atomic E-state index is 0.189. The number of aliphatic hydroxyl groups is 1. The lowest BCUT2D eigenvalue weighted by atomic mass is 10.4. The molecule has 0 fully saturated rings. The summed E-state index contributed by atoms with van der Waals surface area (Å²) in [5, 5.41) is 8.79. The van der Waals surface area contributed by atoms with Gasteiger partial charge in [0.25, 0.3) is 0 Å². The first-order valence-electron chi connectivity index (χ1n) is 5.79. The summed E-state index contributed by atoms with van der Waals surface area (Å²) in [5.41, 5.74) is -0.264. The number of hydrogen-bond donors (Lipinski definition) is 1. The van der Waals surface area contributed by atoms with Crippen molar-refractivity contribution in [2.24, 2.45) is 0 Å². The van der Waals surface area contributed by atoms with Gasteiger partial charge in [-0.05, 0) is 13.1 Å². The van der Waals surface area contributed by atoms with Gasteiger partial charge in [-0.3, -0.25) is 4.79 Å². The molecule has 0 amide bonds. The predicted molar refractivity (Wildman–Crippen MR) is 64.2 cm³/mol. The van der Waals surface area contributed by atoms with E-state index >= 15 is 0 Å². The molecule has 1 rings (SSSR count). The van der Waals surface area contributed by atoms with Crippen LogP contribution >= 0.6 is 0 Å². The third-order valence-corrected chi connectivity index (χ3v) is 2.57. The van der Waals surface area contributed by atoms with Gasteiger partial charge in [-0.1, -0.05) is 13.8 Å². The highest BCUT2D eigenvalue weighted by atomic mass is 16.5. The Morgan fingerprint density at radius 1 is 1.41 bits per heavy atom. The van der Waals surface area contributed by atoms with E-state index in [0.717, 1.165) is 19.6 Å². The first-order valence-corrected chi connectivity index (χ1v) is 5.79. The van der Waals surface area contributed by atoms with E-state index in [-0.39, 0.29) is 23.5 Å². The van der Waals surface area contributed by atoms with Gasteiger partial charge in [-0.2, -0.15) is 0 Å². The molecule has 0 aromatic carbocycles. The van der Waals surface area contributed by atoms with Crippen LogP contribution in [0.4, 0.5) is 0 Å². The molecule has 0 aliphatic heterocycles. The number of ether oxygens (including phenoxy) is 1. The van der Waals surface area contributed by atoms with Crippen molar-refractivity contribution in [1.29, 1.82) is 0 Å². The summed E-state index contributed by atoms with van der Waals surface area (Å²) in [6, 6.07) is 1.24. The summed E-state index contributed by atoms with van der Waals surface area (Å²) < 4.78 is 10.4. The largest absolute Gasteiger partial charge is 0.485 e. The Kier molecular flexibility index (Phi) is 5.72. The lowest BCUT2D eigenvalue weighted by Crippen LogP contribution is -2.28. The molecule has 0 radical (unpaired) electrons. The van der Waals surface area contributed by atoms with Gasteiger partial charge in [0.15, 0.2) is 0 Å². The molecule has 0 unspecified atom stereocenters. The van der Waals surface area contributed by atoms with Crippen LogP contribution in [-0.2, 0) is 6.61 Å². The third kappa shape index (κ3) is 4.20. The Morgan fingerprint density at radius 2 is 2.12 bits per heavy atom. The van der Waals surface area contributed by atoms with Crippen LogP contribution in [0.2, 0.25) is 0 Å². The van der Waals surface area contributed by atoms with Crippen LogP contribution in [-0.4, -0.2) is 36.2 Å². The molecule has 0 bridgehead atoms. The standard InChI is InChI=1S/C12H19NO4/c1-3-13(4-2)5-6-16-12-9-17-10(8-14)7-11(12)15/h7,9,14H,3-6,8H2,1-2H3. The van der Waals surface area contributed by atoms with E-state index in [4.69, 9.17) is 14.3 Å². The fourth-order valence-electron chi connectivity index (χ4n) is 1.45. The topological polar surface area (TPSA) is 62.9 Å². The molecule has 0 aliphatic rings. The minimum atomic E-state index is -0.283. The maximum Gasteiger partial charge on any atom is 0.227 e. The second kappa shape index (κ2) is 7.09. The molecule has 1 N–H and O–H groups in total. The third-order valence-electron chi connectivity index (χ3n) is 2.57. The number of rotatable bonds is 7. The van der Waals surface area contributed by atoms with E-state index in [1.165, 1.54) is 12.3 Å². The van der Waals surface area contributed by atoms with Crippen LogP contribution in [0.25, 0.3) is 0 Å². The Balaban J connectivity index is 2.49.